The number of hydrogen-bond donors (Lipinski definition) is 1. The van der Waals surface area contributed by atoms with E-state index in [2.05, 4.69) is 19.2 Å². The van der Waals surface area contributed by atoms with Gasteiger partial charge in [-0.15, -0.1) is 0 Å². The molecule has 4 heteroatoms. The molecule has 0 saturated heterocycles. The molecule has 20 heavy (non-hydrogen) atoms. The zero-order valence-electron chi connectivity index (χ0n) is 13.3. The first-order valence-corrected chi connectivity index (χ1v) is 7.90. The van der Waals surface area contributed by atoms with Crippen LogP contribution in [0.4, 0.5) is 0 Å². The molecular formula is C16H29NO3. The molecule has 2 aliphatic carbocycles. The minimum Gasteiger partial charge on any atom is -0.468 e. The van der Waals surface area contributed by atoms with Crippen molar-refractivity contribution in [3.63, 3.8) is 0 Å². The van der Waals surface area contributed by atoms with Crippen molar-refractivity contribution < 1.29 is 14.3 Å². The summed E-state index contributed by atoms with van der Waals surface area (Å²) in [5, 5.41) is 3.38. The fraction of sp³-hybridized carbons (Fsp3) is 0.938. The van der Waals surface area contributed by atoms with Gasteiger partial charge in [0, 0.05) is 6.04 Å². The highest BCUT2D eigenvalue weighted by atomic mass is 16.5. The van der Waals surface area contributed by atoms with Gasteiger partial charge in [-0.1, -0.05) is 13.8 Å². The summed E-state index contributed by atoms with van der Waals surface area (Å²) in [5.41, 5.74) is -0.708. The van der Waals surface area contributed by atoms with Crippen LogP contribution in [0, 0.1) is 11.8 Å². The van der Waals surface area contributed by atoms with Crippen LogP contribution in [0.1, 0.15) is 52.9 Å². The fourth-order valence-electron chi connectivity index (χ4n) is 3.36. The van der Waals surface area contributed by atoms with Crippen LogP contribution in [-0.2, 0) is 14.3 Å². The van der Waals surface area contributed by atoms with Crippen LogP contribution >= 0.6 is 0 Å². The summed E-state index contributed by atoms with van der Waals surface area (Å²) in [5.74, 6) is 1.20. The van der Waals surface area contributed by atoms with Gasteiger partial charge in [0.15, 0.2) is 0 Å². The van der Waals surface area contributed by atoms with Crippen molar-refractivity contribution in [2.45, 2.75) is 70.6 Å². The summed E-state index contributed by atoms with van der Waals surface area (Å²) in [7, 11) is 1.44. The van der Waals surface area contributed by atoms with Crippen molar-refractivity contribution in [1.29, 1.82) is 0 Å². The minimum atomic E-state index is -0.708. The summed E-state index contributed by atoms with van der Waals surface area (Å²) in [6.45, 7) is 6.87. The maximum absolute atomic E-state index is 12.0. The van der Waals surface area contributed by atoms with Gasteiger partial charge < -0.3 is 9.47 Å². The molecular weight excluding hydrogens is 254 g/mol. The largest absolute Gasteiger partial charge is 0.468 e. The molecule has 0 aromatic heterocycles. The van der Waals surface area contributed by atoms with Gasteiger partial charge in [0.25, 0.3) is 0 Å². The predicted molar refractivity (Wildman–Crippen MR) is 78.5 cm³/mol. The van der Waals surface area contributed by atoms with Gasteiger partial charge >= 0.3 is 5.97 Å². The van der Waals surface area contributed by atoms with E-state index in [1.54, 1.807) is 0 Å². The molecule has 116 valence electrons. The molecule has 3 unspecified atom stereocenters. The van der Waals surface area contributed by atoms with Crippen molar-refractivity contribution >= 4 is 5.97 Å². The monoisotopic (exact) mass is 283 g/mol. The smallest absolute Gasteiger partial charge is 0.328 e. The van der Waals surface area contributed by atoms with E-state index in [0.29, 0.717) is 24.5 Å². The Hall–Kier alpha value is -0.610. The van der Waals surface area contributed by atoms with Gasteiger partial charge in [0.05, 0.1) is 19.8 Å². The molecule has 0 aromatic rings. The lowest BCUT2D eigenvalue weighted by molar-refractivity contribution is -0.152. The van der Waals surface area contributed by atoms with Crippen LogP contribution in [0.25, 0.3) is 0 Å². The molecule has 0 bridgehead atoms. The van der Waals surface area contributed by atoms with Crippen LogP contribution in [0.15, 0.2) is 0 Å². The van der Waals surface area contributed by atoms with Crippen molar-refractivity contribution in [1.82, 2.24) is 5.32 Å². The number of esters is 1. The van der Waals surface area contributed by atoms with E-state index in [4.69, 9.17) is 9.47 Å². The number of rotatable bonds is 6. The Kier molecular flexibility index (Phi) is 5.08. The van der Waals surface area contributed by atoms with Crippen molar-refractivity contribution in [2.24, 2.45) is 11.8 Å². The van der Waals surface area contributed by atoms with Crippen LogP contribution < -0.4 is 5.32 Å². The average molecular weight is 283 g/mol. The van der Waals surface area contributed by atoms with E-state index in [1.165, 1.54) is 13.5 Å². The van der Waals surface area contributed by atoms with E-state index in [0.717, 1.165) is 25.7 Å². The first-order valence-electron chi connectivity index (χ1n) is 7.90. The molecule has 3 atom stereocenters. The summed E-state index contributed by atoms with van der Waals surface area (Å²) in [6.07, 6.45) is 6.05. The Morgan fingerprint density at radius 2 is 1.80 bits per heavy atom. The Morgan fingerprint density at radius 3 is 2.30 bits per heavy atom. The van der Waals surface area contributed by atoms with Gasteiger partial charge in [-0.2, -0.15) is 0 Å². The number of carbonyl (C=O) groups excluding carboxylic acids is 1. The number of ether oxygens (including phenoxy) is 2. The maximum Gasteiger partial charge on any atom is 0.328 e. The van der Waals surface area contributed by atoms with Gasteiger partial charge in [-0.05, 0) is 50.9 Å². The molecule has 2 rings (SSSR count). The summed E-state index contributed by atoms with van der Waals surface area (Å²) < 4.78 is 11.0. The second-order valence-electron chi connectivity index (χ2n) is 7.09. The van der Waals surface area contributed by atoms with Crippen LogP contribution in [0.5, 0.6) is 0 Å². The molecule has 2 saturated carbocycles. The zero-order valence-corrected chi connectivity index (χ0v) is 13.3. The highest BCUT2D eigenvalue weighted by Crippen LogP contribution is 2.31. The molecule has 4 nitrogen and oxygen atoms in total. The summed E-state index contributed by atoms with van der Waals surface area (Å²) >= 11 is 0. The van der Waals surface area contributed by atoms with E-state index in [1.807, 2.05) is 6.92 Å². The Balaban J connectivity index is 1.88. The molecule has 0 aliphatic heterocycles. The molecule has 2 aliphatic rings. The number of nitrogens with one attached hydrogen (secondary N) is 1. The normalized spacial score (nSPS) is 33.5. The van der Waals surface area contributed by atoms with Gasteiger partial charge in [-0.25, -0.2) is 4.79 Å². The van der Waals surface area contributed by atoms with Crippen LogP contribution in [-0.4, -0.2) is 37.4 Å². The average Bonchev–Trinajstić information content (AvgIpc) is 3.18. The predicted octanol–water partition coefficient (Wildman–Crippen LogP) is 2.51. The lowest BCUT2D eigenvalue weighted by atomic mass is 9.81. The molecule has 2 fully saturated rings. The second kappa shape index (κ2) is 6.44. The van der Waals surface area contributed by atoms with Crippen molar-refractivity contribution in [3.05, 3.63) is 0 Å². The van der Waals surface area contributed by atoms with Crippen molar-refractivity contribution in [3.8, 4) is 0 Å². The number of carbonyl (C=O) groups is 1. The van der Waals surface area contributed by atoms with E-state index < -0.39 is 5.54 Å². The Morgan fingerprint density at radius 1 is 1.20 bits per heavy atom. The Bertz CT molecular complexity index is 333. The zero-order chi connectivity index (χ0) is 14.8. The second-order valence-corrected chi connectivity index (χ2v) is 7.09. The third-order valence-corrected chi connectivity index (χ3v) is 4.48. The molecule has 0 heterocycles. The quantitative estimate of drug-likeness (QED) is 0.761. The molecule has 0 amide bonds. The highest BCUT2D eigenvalue weighted by Gasteiger charge is 2.40. The third kappa shape index (κ3) is 4.19. The van der Waals surface area contributed by atoms with E-state index >= 15 is 0 Å². The summed E-state index contributed by atoms with van der Waals surface area (Å²) in [4.78, 5) is 12.0. The third-order valence-electron chi connectivity index (χ3n) is 4.48. The number of hydrogen-bond acceptors (Lipinski definition) is 4. The van der Waals surface area contributed by atoms with E-state index in [-0.39, 0.29) is 12.1 Å². The van der Waals surface area contributed by atoms with Crippen LogP contribution in [0.3, 0.4) is 0 Å². The topological polar surface area (TPSA) is 47.6 Å². The van der Waals surface area contributed by atoms with Gasteiger partial charge in [-0.3, -0.25) is 5.32 Å². The van der Waals surface area contributed by atoms with Crippen molar-refractivity contribution in [2.75, 3.05) is 13.7 Å². The Labute approximate surface area is 122 Å². The fourth-order valence-corrected chi connectivity index (χ4v) is 3.36. The minimum absolute atomic E-state index is 0.221. The standard InChI is InChI=1S/C16H29NO3/c1-11-7-12(2)9-14(8-11)20-10-16(3,15(18)19-4)17-13-5-6-13/h11-14,17H,5-10H2,1-4H3. The van der Waals surface area contributed by atoms with Crippen LogP contribution in [0.2, 0.25) is 0 Å². The molecule has 1 N–H and O–H groups in total. The number of methoxy groups -OCH3 is 1. The SMILES string of the molecule is COC(=O)C(C)(COC1CC(C)CC(C)C1)NC1CC1. The molecule has 0 aromatic carbocycles. The summed E-state index contributed by atoms with van der Waals surface area (Å²) in [6, 6.07) is 0.451. The first-order chi connectivity index (χ1) is 9.43. The van der Waals surface area contributed by atoms with Gasteiger partial charge in [0.2, 0.25) is 0 Å². The maximum atomic E-state index is 12.0. The molecule has 0 spiro atoms. The van der Waals surface area contributed by atoms with Gasteiger partial charge in [0.1, 0.15) is 5.54 Å². The first kappa shape index (κ1) is 15.8. The highest BCUT2D eigenvalue weighted by molar-refractivity contribution is 5.80. The molecule has 0 radical (unpaired) electrons. The lowest BCUT2D eigenvalue weighted by Crippen LogP contribution is -2.55. The van der Waals surface area contributed by atoms with E-state index in [9.17, 15) is 4.79 Å². The lowest BCUT2D eigenvalue weighted by Gasteiger charge is -2.35.